The van der Waals surface area contributed by atoms with Crippen LogP contribution in [0.15, 0.2) is 70.9 Å². The summed E-state index contributed by atoms with van der Waals surface area (Å²) >= 11 is 0. The molecule has 0 radical (unpaired) electrons. The van der Waals surface area contributed by atoms with Crippen LogP contribution in [0.3, 0.4) is 0 Å². The lowest BCUT2D eigenvalue weighted by Crippen LogP contribution is -2.20. The van der Waals surface area contributed by atoms with Gasteiger partial charge in [-0.05, 0) is 18.9 Å². The van der Waals surface area contributed by atoms with Gasteiger partial charge in [-0.15, -0.1) is 0 Å². The molecule has 0 saturated heterocycles. The number of hydrogen-bond donors (Lipinski definition) is 2. The molecule has 3 unspecified atom stereocenters. The first kappa shape index (κ1) is 18.2. The van der Waals surface area contributed by atoms with Crippen molar-refractivity contribution >= 4 is 12.2 Å². The Morgan fingerprint density at radius 2 is 2.04 bits per heavy atom. The Morgan fingerprint density at radius 3 is 2.75 bits per heavy atom. The molecular formula is C23H23N3O2. The molecule has 0 amide bonds. The molecule has 142 valence electrons. The Kier molecular flexibility index (Phi) is 4.82. The van der Waals surface area contributed by atoms with Crippen LogP contribution in [-0.4, -0.2) is 27.3 Å². The number of benzene rings is 1. The van der Waals surface area contributed by atoms with E-state index in [9.17, 15) is 9.90 Å². The van der Waals surface area contributed by atoms with Crippen molar-refractivity contribution < 1.29 is 9.90 Å². The molecule has 2 aromatic rings. The molecule has 3 atom stereocenters. The molecule has 2 N–H and O–H groups in total. The van der Waals surface area contributed by atoms with Gasteiger partial charge >= 0.3 is 5.97 Å². The highest BCUT2D eigenvalue weighted by molar-refractivity contribution is 5.88. The molecule has 5 heteroatoms. The minimum absolute atomic E-state index is 0.0912. The normalized spacial score (nSPS) is 24.0. The monoisotopic (exact) mass is 373 g/mol. The van der Waals surface area contributed by atoms with Crippen molar-refractivity contribution in [1.82, 2.24) is 9.97 Å². The second kappa shape index (κ2) is 7.43. The topological polar surface area (TPSA) is 78.3 Å². The Morgan fingerprint density at radius 1 is 1.25 bits per heavy atom. The zero-order valence-electron chi connectivity index (χ0n) is 16.0. The summed E-state index contributed by atoms with van der Waals surface area (Å²) < 4.78 is 0. The van der Waals surface area contributed by atoms with E-state index in [2.05, 4.69) is 23.0 Å². The third kappa shape index (κ3) is 3.24. The lowest BCUT2D eigenvalue weighted by atomic mass is 9.79. The van der Waals surface area contributed by atoms with Crippen LogP contribution in [0.25, 0.3) is 11.4 Å². The van der Waals surface area contributed by atoms with Gasteiger partial charge in [-0.2, -0.15) is 0 Å². The summed E-state index contributed by atoms with van der Waals surface area (Å²) in [5.41, 5.74) is 4.57. The van der Waals surface area contributed by atoms with Crippen LogP contribution in [-0.2, 0) is 4.79 Å². The van der Waals surface area contributed by atoms with E-state index in [1.54, 1.807) is 6.08 Å². The van der Waals surface area contributed by atoms with E-state index in [-0.39, 0.29) is 17.8 Å². The highest BCUT2D eigenvalue weighted by Crippen LogP contribution is 2.40. The molecule has 1 aromatic carbocycles. The maximum absolute atomic E-state index is 11.7. The lowest BCUT2D eigenvalue weighted by molar-refractivity contribution is -0.133. The molecule has 28 heavy (non-hydrogen) atoms. The summed E-state index contributed by atoms with van der Waals surface area (Å²) in [6.07, 6.45) is 10.2. The number of nitrogens with zero attached hydrogens (tertiary/aromatic N) is 2. The third-order valence-corrected chi connectivity index (χ3v) is 5.62. The maximum atomic E-state index is 11.7. The van der Waals surface area contributed by atoms with Crippen molar-refractivity contribution in [3.05, 3.63) is 77.3 Å². The Balaban J connectivity index is 1.82. The SMILES string of the molecule is CC1=CN=CCC1c1[nH]c(-c2ccccc2)nc1C1C=CC=C(C(=O)O)C1C. The molecular weight excluding hydrogens is 350 g/mol. The zero-order valence-corrected chi connectivity index (χ0v) is 16.0. The number of aliphatic imine (C=N–C) groups is 1. The summed E-state index contributed by atoms with van der Waals surface area (Å²) in [5, 5.41) is 9.56. The molecule has 1 aliphatic carbocycles. The van der Waals surface area contributed by atoms with Gasteiger partial charge in [0, 0.05) is 47.0 Å². The highest BCUT2D eigenvalue weighted by Gasteiger charge is 2.33. The first-order valence-electron chi connectivity index (χ1n) is 9.51. The van der Waals surface area contributed by atoms with Crippen LogP contribution in [0.5, 0.6) is 0 Å². The first-order valence-corrected chi connectivity index (χ1v) is 9.51. The Bertz CT molecular complexity index is 1010. The standard InChI is InChI=1S/C23H23N3O2/c1-14-13-24-12-11-17(14)20-21(18-9-6-10-19(15(18)2)23(27)28)26-22(25-20)16-7-4-3-5-8-16/h3-10,12-13,15,17-18H,11H2,1-2H3,(H,25,26)(H,27,28). The fourth-order valence-corrected chi connectivity index (χ4v) is 4.00. The predicted octanol–water partition coefficient (Wildman–Crippen LogP) is 4.84. The number of H-pyrrole nitrogens is 1. The summed E-state index contributed by atoms with van der Waals surface area (Å²) in [4.78, 5) is 24.4. The molecule has 5 nitrogen and oxygen atoms in total. The van der Waals surface area contributed by atoms with Crippen molar-refractivity contribution in [3.63, 3.8) is 0 Å². The summed E-state index contributed by atoms with van der Waals surface area (Å²) in [6, 6.07) is 10.0. The van der Waals surface area contributed by atoms with Crippen molar-refractivity contribution in [2.24, 2.45) is 10.9 Å². The molecule has 0 fully saturated rings. The number of nitrogens with one attached hydrogen (secondary N) is 1. The second-order valence-corrected chi connectivity index (χ2v) is 7.37. The fourth-order valence-electron chi connectivity index (χ4n) is 4.00. The van der Waals surface area contributed by atoms with E-state index in [1.165, 1.54) is 5.57 Å². The van der Waals surface area contributed by atoms with Gasteiger partial charge in [-0.1, -0.05) is 55.5 Å². The van der Waals surface area contributed by atoms with Crippen LogP contribution in [0.4, 0.5) is 0 Å². The van der Waals surface area contributed by atoms with Crippen molar-refractivity contribution in [2.45, 2.75) is 32.1 Å². The van der Waals surface area contributed by atoms with Crippen molar-refractivity contribution in [3.8, 4) is 11.4 Å². The summed E-state index contributed by atoms with van der Waals surface area (Å²) in [6.45, 7) is 4.04. The minimum atomic E-state index is -0.872. The number of hydrogen-bond acceptors (Lipinski definition) is 3. The zero-order chi connectivity index (χ0) is 19.7. The second-order valence-electron chi connectivity index (χ2n) is 7.37. The number of aromatic amines is 1. The van der Waals surface area contributed by atoms with Crippen LogP contribution in [0.1, 0.15) is 43.5 Å². The van der Waals surface area contributed by atoms with Gasteiger partial charge < -0.3 is 10.1 Å². The smallest absolute Gasteiger partial charge is 0.331 e. The average Bonchev–Trinajstić information content (AvgIpc) is 3.14. The van der Waals surface area contributed by atoms with Gasteiger partial charge in [0.05, 0.1) is 5.69 Å². The number of rotatable bonds is 4. The number of imidazole rings is 1. The molecule has 0 bridgehead atoms. The third-order valence-electron chi connectivity index (χ3n) is 5.62. The number of carboxylic acids is 1. The molecule has 0 spiro atoms. The maximum Gasteiger partial charge on any atom is 0.331 e. The molecule has 0 saturated carbocycles. The first-order chi connectivity index (χ1) is 13.6. The highest BCUT2D eigenvalue weighted by atomic mass is 16.4. The predicted molar refractivity (Wildman–Crippen MR) is 110 cm³/mol. The number of aliphatic carboxylic acids is 1. The Hall–Kier alpha value is -3.21. The summed E-state index contributed by atoms with van der Waals surface area (Å²) in [7, 11) is 0. The van der Waals surface area contributed by atoms with Crippen LogP contribution >= 0.6 is 0 Å². The summed E-state index contributed by atoms with van der Waals surface area (Å²) in [5.74, 6) is -0.144. The van der Waals surface area contributed by atoms with Gasteiger partial charge in [-0.25, -0.2) is 9.78 Å². The van der Waals surface area contributed by atoms with E-state index in [0.29, 0.717) is 5.57 Å². The molecule has 1 aliphatic heterocycles. The van der Waals surface area contributed by atoms with E-state index in [1.807, 2.05) is 55.7 Å². The van der Waals surface area contributed by atoms with Crippen LogP contribution in [0.2, 0.25) is 0 Å². The number of carbonyl (C=O) groups is 1. The minimum Gasteiger partial charge on any atom is -0.478 e. The lowest BCUT2D eigenvalue weighted by Gasteiger charge is -2.26. The van der Waals surface area contributed by atoms with Crippen LogP contribution < -0.4 is 0 Å². The van der Waals surface area contributed by atoms with Gasteiger partial charge in [0.1, 0.15) is 5.82 Å². The number of aromatic nitrogens is 2. The number of allylic oxidation sites excluding steroid dienone is 4. The molecule has 2 heterocycles. The van der Waals surface area contributed by atoms with E-state index < -0.39 is 5.97 Å². The molecule has 2 aliphatic rings. The van der Waals surface area contributed by atoms with Gasteiger partial charge in [0.2, 0.25) is 0 Å². The molecule has 1 aromatic heterocycles. The van der Waals surface area contributed by atoms with Gasteiger partial charge in [0.15, 0.2) is 0 Å². The van der Waals surface area contributed by atoms with Gasteiger partial charge in [-0.3, -0.25) is 4.99 Å². The average molecular weight is 373 g/mol. The van der Waals surface area contributed by atoms with Crippen molar-refractivity contribution in [2.75, 3.05) is 0 Å². The Labute approximate surface area is 164 Å². The van der Waals surface area contributed by atoms with E-state index in [4.69, 9.17) is 4.98 Å². The van der Waals surface area contributed by atoms with E-state index in [0.717, 1.165) is 29.2 Å². The quantitative estimate of drug-likeness (QED) is 0.805. The fraction of sp³-hybridized carbons (Fsp3) is 0.261. The molecule has 4 rings (SSSR count). The van der Waals surface area contributed by atoms with Crippen LogP contribution in [0, 0.1) is 5.92 Å². The number of carboxylic acid groups (broad SMARTS) is 1. The van der Waals surface area contributed by atoms with Crippen molar-refractivity contribution in [1.29, 1.82) is 0 Å². The van der Waals surface area contributed by atoms with Gasteiger partial charge in [0.25, 0.3) is 0 Å². The largest absolute Gasteiger partial charge is 0.478 e. The van der Waals surface area contributed by atoms with E-state index >= 15 is 0 Å².